The van der Waals surface area contributed by atoms with E-state index in [2.05, 4.69) is 47.6 Å². The lowest BCUT2D eigenvalue weighted by molar-refractivity contribution is -0.950. The Morgan fingerprint density at radius 2 is 1.56 bits per heavy atom. The molecule has 0 amide bonds. The third-order valence-corrected chi connectivity index (χ3v) is 15.9. The number of hydroxylamine groups is 2. The zero-order chi connectivity index (χ0) is 37.6. The van der Waals surface area contributed by atoms with Crippen molar-refractivity contribution in [1.29, 1.82) is 0 Å². The van der Waals surface area contributed by atoms with Crippen LogP contribution in [0.15, 0.2) is 11.6 Å². The van der Waals surface area contributed by atoms with Gasteiger partial charge in [-0.15, -0.1) is 0 Å². The summed E-state index contributed by atoms with van der Waals surface area (Å²) in [5.74, 6) is 4.97. The van der Waals surface area contributed by atoms with Crippen molar-refractivity contribution in [3.8, 4) is 0 Å². The van der Waals surface area contributed by atoms with Crippen molar-refractivity contribution >= 4 is 5.97 Å². The second kappa shape index (κ2) is 18.4. The Hall–Kier alpha value is -0.910. The van der Waals surface area contributed by atoms with Gasteiger partial charge in [-0.2, -0.15) is 0 Å². The van der Waals surface area contributed by atoms with Gasteiger partial charge in [0.05, 0.1) is 0 Å². The number of esters is 1. The van der Waals surface area contributed by atoms with Gasteiger partial charge in [0.15, 0.2) is 0 Å². The number of hydrogen-bond acceptors (Lipinski definition) is 4. The van der Waals surface area contributed by atoms with Crippen LogP contribution in [0.2, 0.25) is 0 Å². The number of nitrogens with one attached hydrogen (secondary N) is 1. The van der Waals surface area contributed by atoms with Gasteiger partial charge in [-0.1, -0.05) is 124 Å². The van der Waals surface area contributed by atoms with Crippen LogP contribution < -0.4 is 5.06 Å². The molecule has 0 radical (unpaired) electrons. The van der Waals surface area contributed by atoms with Gasteiger partial charge in [0.2, 0.25) is 5.72 Å². The summed E-state index contributed by atoms with van der Waals surface area (Å²) in [5.41, 5.74) is 1.21. The summed E-state index contributed by atoms with van der Waals surface area (Å²) in [5, 5.41) is 13.9. The molecule has 0 aromatic heterocycles. The van der Waals surface area contributed by atoms with Crippen LogP contribution in [-0.2, 0) is 14.3 Å². The number of carbonyl (C=O) groups is 1. The first-order valence-electron chi connectivity index (χ1n) is 22.8. The molecule has 0 spiro atoms. The van der Waals surface area contributed by atoms with Crippen molar-refractivity contribution in [1.82, 2.24) is 0 Å². The smallest absolute Gasteiger partial charge is 0.306 e. The average molecular weight is 726 g/mol. The third kappa shape index (κ3) is 9.54. The van der Waals surface area contributed by atoms with E-state index in [1.54, 1.807) is 5.57 Å². The molecule has 0 aromatic carbocycles. The van der Waals surface area contributed by atoms with E-state index in [9.17, 15) is 10.0 Å². The molecule has 4 fully saturated rings. The van der Waals surface area contributed by atoms with Gasteiger partial charge in [-0.05, 0) is 118 Å². The van der Waals surface area contributed by atoms with Crippen LogP contribution in [0.5, 0.6) is 0 Å². The number of carbonyl (C=O) groups excluding carboxylic acids is 1. The lowest BCUT2D eigenvalue weighted by Crippen LogP contribution is -3.20. The number of ether oxygens (including phenoxy) is 2. The Morgan fingerprint density at radius 1 is 0.865 bits per heavy atom. The van der Waals surface area contributed by atoms with Gasteiger partial charge in [-0.3, -0.25) is 4.79 Å². The number of fused-ring (bicyclic) bond motifs is 5. The standard InChI is InChI=1S/C47H83NO4/c1-9-10-11-12-13-14-15-16-17-29-47(48(50)44(5,6)34-51-47)30-19-22-43(49)52-38-27-31-45(7)37(33-38)23-24-39-41-26-25-40(36(4)21-18-20-35(2)3)46(41,8)32-28-42(39)45/h23,35-36,38-42,48H,9-22,24-34H2,1-8H3/t36-,38+,39+,40-,41+,42+,45+,46-,47?/m1/s1. The van der Waals surface area contributed by atoms with E-state index in [0.29, 0.717) is 31.3 Å². The molecule has 4 aliphatic carbocycles. The third-order valence-electron chi connectivity index (χ3n) is 15.9. The zero-order valence-corrected chi connectivity index (χ0v) is 35.4. The molecule has 1 heterocycles. The molecule has 5 nitrogen and oxygen atoms in total. The first-order valence-corrected chi connectivity index (χ1v) is 22.8. The van der Waals surface area contributed by atoms with E-state index in [1.165, 1.54) is 96.3 Å². The van der Waals surface area contributed by atoms with Crippen molar-refractivity contribution in [2.45, 2.75) is 227 Å². The van der Waals surface area contributed by atoms with Crippen molar-refractivity contribution in [3.63, 3.8) is 0 Å². The molecular formula is C47H83NO4. The van der Waals surface area contributed by atoms with Crippen LogP contribution in [-0.4, -0.2) is 29.9 Å². The van der Waals surface area contributed by atoms with Gasteiger partial charge < -0.3 is 19.7 Å². The van der Waals surface area contributed by atoms with Crippen LogP contribution >= 0.6 is 0 Å². The van der Waals surface area contributed by atoms with Crippen molar-refractivity contribution in [2.75, 3.05) is 6.61 Å². The molecule has 5 aliphatic rings. The van der Waals surface area contributed by atoms with Crippen molar-refractivity contribution in [3.05, 3.63) is 16.9 Å². The quantitative estimate of drug-likeness (QED) is 0.0587. The topological polar surface area (TPSA) is 63.0 Å². The van der Waals surface area contributed by atoms with Gasteiger partial charge in [0.1, 0.15) is 18.2 Å². The Balaban J connectivity index is 1.08. The summed E-state index contributed by atoms with van der Waals surface area (Å²) >= 11 is 0. The summed E-state index contributed by atoms with van der Waals surface area (Å²) in [6, 6.07) is 0. The SMILES string of the molecule is CCCCCCCCCCCC1(CCCC(=O)O[C@H]2CC[C@@]3(C)C(=CC[C@H]4[C@@H]5CC[C@H]([C@H](C)CCCC(C)C)[C@@]5(C)CC[C@@H]43)C2)OCC(C)(C)[NH+]1[O-]. The molecule has 5 rings (SSSR count). The number of hydrogen-bond donors (Lipinski definition) is 1. The molecule has 1 aliphatic heterocycles. The summed E-state index contributed by atoms with van der Waals surface area (Å²) in [6.45, 7) is 19.4. The van der Waals surface area contributed by atoms with E-state index in [-0.39, 0.29) is 22.6 Å². The summed E-state index contributed by atoms with van der Waals surface area (Å²) < 4.78 is 12.6. The Morgan fingerprint density at radius 3 is 2.23 bits per heavy atom. The molecule has 1 N–H and O–H groups in total. The highest BCUT2D eigenvalue weighted by Gasteiger charge is 2.59. The lowest BCUT2D eigenvalue weighted by Gasteiger charge is -2.58. The minimum atomic E-state index is -0.720. The largest absolute Gasteiger partial charge is 0.632 e. The van der Waals surface area contributed by atoms with Crippen LogP contribution in [0.25, 0.3) is 0 Å². The maximum Gasteiger partial charge on any atom is 0.306 e. The van der Waals surface area contributed by atoms with E-state index in [4.69, 9.17) is 9.47 Å². The molecule has 2 unspecified atom stereocenters. The summed E-state index contributed by atoms with van der Waals surface area (Å²) in [6.07, 6.45) is 30.6. The molecule has 300 valence electrons. The molecule has 1 saturated heterocycles. The van der Waals surface area contributed by atoms with E-state index < -0.39 is 11.3 Å². The van der Waals surface area contributed by atoms with Crippen molar-refractivity contribution in [2.24, 2.45) is 46.3 Å². The van der Waals surface area contributed by atoms with Crippen molar-refractivity contribution < 1.29 is 19.3 Å². The van der Waals surface area contributed by atoms with Crippen LogP contribution in [0.4, 0.5) is 0 Å². The van der Waals surface area contributed by atoms with Gasteiger partial charge >= 0.3 is 5.97 Å². The highest BCUT2D eigenvalue weighted by molar-refractivity contribution is 5.69. The van der Waals surface area contributed by atoms with Crippen LogP contribution in [0, 0.1) is 51.5 Å². The normalized spacial score (nSPS) is 37.3. The predicted octanol–water partition coefficient (Wildman–Crippen LogP) is 11.9. The fourth-order valence-corrected chi connectivity index (χ4v) is 12.8. The van der Waals surface area contributed by atoms with Gasteiger partial charge in [0.25, 0.3) is 0 Å². The highest BCUT2D eigenvalue weighted by atomic mass is 16.6. The molecular weight excluding hydrogens is 643 g/mol. The Labute approximate surface area is 321 Å². The summed E-state index contributed by atoms with van der Waals surface area (Å²) in [7, 11) is 0. The minimum absolute atomic E-state index is 0.000917. The van der Waals surface area contributed by atoms with E-state index >= 15 is 0 Å². The second-order valence-electron chi connectivity index (χ2n) is 20.6. The maximum absolute atomic E-state index is 13.6. The fraction of sp³-hybridized carbons (Fsp3) is 0.936. The molecule has 3 saturated carbocycles. The van der Waals surface area contributed by atoms with Crippen LogP contribution in [0.1, 0.15) is 209 Å². The number of rotatable bonds is 20. The van der Waals surface area contributed by atoms with E-state index in [0.717, 1.165) is 74.0 Å². The number of allylic oxidation sites excluding steroid dienone is 1. The first-order chi connectivity index (χ1) is 24.8. The van der Waals surface area contributed by atoms with Crippen LogP contribution in [0.3, 0.4) is 0 Å². The number of quaternary nitrogens is 1. The fourth-order valence-electron chi connectivity index (χ4n) is 12.8. The minimum Gasteiger partial charge on any atom is -0.632 e. The highest BCUT2D eigenvalue weighted by Crippen LogP contribution is 2.67. The second-order valence-corrected chi connectivity index (χ2v) is 20.6. The van der Waals surface area contributed by atoms with E-state index in [1.807, 2.05) is 13.8 Å². The van der Waals surface area contributed by atoms with Gasteiger partial charge in [-0.25, -0.2) is 0 Å². The predicted molar refractivity (Wildman–Crippen MR) is 216 cm³/mol. The Kier molecular flexibility index (Phi) is 14.9. The number of unbranched alkanes of at least 4 members (excludes halogenated alkanes) is 8. The molecule has 5 heteroatoms. The monoisotopic (exact) mass is 726 g/mol. The average Bonchev–Trinajstić information content (AvgIpc) is 3.57. The molecule has 0 aromatic rings. The molecule has 0 bridgehead atoms. The van der Waals surface area contributed by atoms with Gasteiger partial charge in [0, 0.05) is 25.7 Å². The first kappa shape index (κ1) is 42.2. The molecule has 52 heavy (non-hydrogen) atoms. The molecule has 10 atom stereocenters. The zero-order valence-electron chi connectivity index (χ0n) is 35.4. The summed E-state index contributed by atoms with van der Waals surface area (Å²) in [4.78, 5) is 13.3. The lowest BCUT2D eigenvalue weighted by atomic mass is 9.47. The Bertz CT molecular complexity index is 1160. The maximum atomic E-state index is 13.6.